The van der Waals surface area contributed by atoms with Gasteiger partial charge in [-0.2, -0.15) is 0 Å². The normalized spacial score (nSPS) is 19.3. The first-order chi connectivity index (χ1) is 8.25. The maximum atomic E-state index is 12.9. The largest absolute Gasteiger partial charge is 0.339 e. The summed E-state index contributed by atoms with van der Waals surface area (Å²) < 4.78 is 0. The summed E-state index contributed by atoms with van der Waals surface area (Å²) in [4.78, 5) is 14.8. The molecule has 0 saturated heterocycles. The summed E-state index contributed by atoms with van der Waals surface area (Å²) in [7, 11) is 1.91. The number of rotatable bonds is 5. The van der Waals surface area contributed by atoms with Crippen LogP contribution in [0.3, 0.4) is 0 Å². The van der Waals surface area contributed by atoms with Gasteiger partial charge in [-0.25, -0.2) is 0 Å². The fourth-order valence-corrected chi connectivity index (χ4v) is 3.24. The Labute approximate surface area is 117 Å². The molecule has 0 bridgehead atoms. The Balaban J connectivity index is 2.90. The van der Waals surface area contributed by atoms with Crippen molar-refractivity contribution in [1.29, 1.82) is 0 Å². The molecule has 1 saturated carbocycles. The highest BCUT2D eigenvalue weighted by Gasteiger charge is 2.45. The first-order valence-corrected chi connectivity index (χ1v) is 7.63. The molecule has 0 radical (unpaired) electrons. The molecule has 1 aliphatic carbocycles. The second kappa shape index (κ2) is 5.81. The number of amides is 1. The van der Waals surface area contributed by atoms with Crippen molar-refractivity contribution in [3.8, 4) is 0 Å². The highest BCUT2D eigenvalue weighted by atomic mass is 35.5. The molecule has 0 N–H and O–H groups in total. The van der Waals surface area contributed by atoms with E-state index in [4.69, 9.17) is 11.6 Å². The molecule has 0 aromatic rings. The molecule has 1 rings (SSSR count). The van der Waals surface area contributed by atoms with E-state index >= 15 is 0 Å². The molecule has 1 aliphatic rings. The van der Waals surface area contributed by atoms with E-state index in [9.17, 15) is 4.79 Å². The molecule has 0 aromatic carbocycles. The molecule has 1 fully saturated rings. The molecular formula is C15H28ClNO. The molecule has 2 nitrogen and oxygen atoms in total. The fraction of sp³-hybridized carbons (Fsp3) is 0.933. The highest BCUT2D eigenvalue weighted by Crippen LogP contribution is 2.45. The van der Waals surface area contributed by atoms with Gasteiger partial charge in [-0.3, -0.25) is 4.79 Å². The summed E-state index contributed by atoms with van der Waals surface area (Å²) in [5.74, 6) is 1.35. The third-order valence-corrected chi connectivity index (χ3v) is 5.01. The molecule has 0 spiro atoms. The lowest BCUT2D eigenvalue weighted by Crippen LogP contribution is -2.52. The van der Waals surface area contributed by atoms with Crippen LogP contribution in [0.25, 0.3) is 0 Å². The Morgan fingerprint density at radius 1 is 1.33 bits per heavy atom. The first-order valence-electron chi connectivity index (χ1n) is 7.09. The summed E-state index contributed by atoms with van der Waals surface area (Å²) in [5, 5.41) is 0. The van der Waals surface area contributed by atoms with Crippen LogP contribution in [0.2, 0.25) is 0 Å². The minimum atomic E-state index is -0.259. The summed E-state index contributed by atoms with van der Waals surface area (Å²) in [6, 6.07) is 0. The Morgan fingerprint density at radius 2 is 1.83 bits per heavy atom. The smallest absolute Gasteiger partial charge is 0.229 e. The van der Waals surface area contributed by atoms with Crippen LogP contribution in [0.4, 0.5) is 0 Å². The van der Waals surface area contributed by atoms with Gasteiger partial charge in [0.25, 0.3) is 0 Å². The zero-order valence-corrected chi connectivity index (χ0v) is 13.3. The topological polar surface area (TPSA) is 20.3 Å². The van der Waals surface area contributed by atoms with Gasteiger partial charge in [0.15, 0.2) is 0 Å². The molecule has 0 aliphatic heterocycles. The lowest BCUT2D eigenvalue weighted by molar-refractivity contribution is -0.146. The number of carbonyl (C=O) groups excluding carboxylic acids is 1. The number of nitrogens with zero attached hydrogens (tertiary/aromatic N) is 1. The average Bonchev–Trinajstić information content (AvgIpc) is 2.75. The summed E-state index contributed by atoms with van der Waals surface area (Å²) in [5.41, 5.74) is -0.378. The fourth-order valence-electron chi connectivity index (χ4n) is 3.06. The van der Waals surface area contributed by atoms with Gasteiger partial charge in [-0.1, -0.05) is 26.7 Å². The van der Waals surface area contributed by atoms with Crippen LogP contribution >= 0.6 is 11.6 Å². The Kier molecular flexibility index (Phi) is 5.11. The molecule has 1 amide bonds. The second-order valence-electron chi connectivity index (χ2n) is 6.90. The van der Waals surface area contributed by atoms with E-state index in [2.05, 4.69) is 13.8 Å². The minimum absolute atomic E-state index is 0.119. The quantitative estimate of drug-likeness (QED) is 0.692. The molecule has 0 atom stereocenters. The van der Waals surface area contributed by atoms with E-state index in [0.717, 1.165) is 19.3 Å². The lowest BCUT2D eigenvalue weighted by Gasteiger charge is -2.41. The van der Waals surface area contributed by atoms with E-state index in [1.54, 1.807) is 0 Å². The second-order valence-corrected chi connectivity index (χ2v) is 7.16. The van der Waals surface area contributed by atoms with Crippen molar-refractivity contribution in [2.75, 3.05) is 12.9 Å². The highest BCUT2D eigenvalue weighted by molar-refractivity contribution is 6.18. The van der Waals surface area contributed by atoms with Crippen LogP contribution in [0, 0.1) is 11.3 Å². The third-order valence-electron chi connectivity index (χ3n) is 4.35. The van der Waals surface area contributed by atoms with Crippen LogP contribution in [0.15, 0.2) is 0 Å². The zero-order valence-electron chi connectivity index (χ0n) is 12.6. The van der Waals surface area contributed by atoms with Crippen molar-refractivity contribution < 1.29 is 4.79 Å². The first kappa shape index (κ1) is 15.8. The van der Waals surface area contributed by atoms with Gasteiger partial charge in [-0.15, -0.1) is 11.6 Å². The van der Waals surface area contributed by atoms with Crippen LogP contribution in [-0.2, 0) is 4.79 Å². The standard InChI is InChI=1S/C15H28ClNO/c1-12(2)10-15(8-6-7-9-15)13(18)17(5)14(3,4)11-16/h12H,6-11H2,1-5H3. The number of hydrogen-bond acceptors (Lipinski definition) is 1. The van der Waals surface area contributed by atoms with Crippen molar-refractivity contribution in [3.05, 3.63) is 0 Å². The van der Waals surface area contributed by atoms with Crippen LogP contribution < -0.4 is 0 Å². The molecule has 3 heteroatoms. The summed E-state index contributed by atoms with van der Waals surface area (Å²) in [6.07, 6.45) is 5.48. The SMILES string of the molecule is CC(C)CC1(C(=O)N(C)C(C)(C)CCl)CCCC1. The van der Waals surface area contributed by atoms with Gasteiger partial charge in [0.1, 0.15) is 0 Å². The summed E-state index contributed by atoms with van der Waals surface area (Å²) >= 11 is 6.00. The van der Waals surface area contributed by atoms with Gasteiger partial charge in [-0.05, 0) is 39.0 Å². The van der Waals surface area contributed by atoms with E-state index in [0.29, 0.717) is 17.7 Å². The van der Waals surface area contributed by atoms with E-state index < -0.39 is 0 Å². The van der Waals surface area contributed by atoms with E-state index in [1.807, 2.05) is 25.8 Å². The zero-order chi connectivity index (χ0) is 14.0. The van der Waals surface area contributed by atoms with Crippen LogP contribution in [0.1, 0.15) is 59.8 Å². The number of hydrogen-bond donors (Lipinski definition) is 0. The lowest BCUT2D eigenvalue weighted by atomic mass is 9.76. The maximum absolute atomic E-state index is 12.9. The van der Waals surface area contributed by atoms with Crippen LogP contribution in [-0.4, -0.2) is 29.3 Å². The van der Waals surface area contributed by atoms with Crippen molar-refractivity contribution >= 4 is 17.5 Å². The van der Waals surface area contributed by atoms with Gasteiger partial charge >= 0.3 is 0 Å². The number of halogens is 1. The molecule has 0 aromatic heterocycles. The van der Waals surface area contributed by atoms with E-state index in [1.165, 1.54) is 12.8 Å². The molecule has 0 heterocycles. The molecule has 106 valence electrons. The van der Waals surface area contributed by atoms with Gasteiger partial charge in [0.2, 0.25) is 5.91 Å². The predicted molar refractivity (Wildman–Crippen MR) is 77.9 cm³/mol. The minimum Gasteiger partial charge on any atom is -0.339 e. The Morgan fingerprint density at radius 3 is 2.22 bits per heavy atom. The third kappa shape index (κ3) is 3.20. The number of carbonyl (C=O) groups is 1. The van der Waals surface area contributed by atoms with Crippen molar-refractivity contribution in [2.24, 2.45) is 11.3 Å². The van der Waals surface area contributed by atoms with Crippen molar-refractivity contribution in [1.82, 2.24) is 4.90 Å². The predicted octanol–water partition coefficient (Wildman–Crippen LogP) is 4.07. The van der Waals surface area contributed by atoms with Gasteiger partial charge in [0.05, 0.1) is 5.54 Å². The average molecular weight is 274 g/mol. The molecular weight excluding hydrogens is 246 g/mol. The van der Waals surface area contributed by atoms with Crippen molar-refractivity contribution in [3.63, 3.8) is 0 Å². The van der Waals surface area contributed by atoms with Crippen LogP contribution in [0.5, 0.6) is 0 Å². The Bertz CT molecular complexity index is 293. The van der Waals surface area contributed by atoms with Crippen molar-refractivity contribution in [2.45, 2.75) is 65.3 Å². The van der Waals surface area contributed by atoms with E-state index in [-0.39, 0.29) is 11.0 Å². The number of alkyl halides is 1. The molecule has 0 unspecified atom stereocenters. The maximum Gasteiger partial charge on any atom is 0.229 e. The molecule has 18 heavy (non-hydrogen) atoms. The monoisotopic (exact) mass is 273 g/mol. The van der Waals surface area contributed by atoms with Gasteiger partial charge in [0, 0.05) is 18.3 Å². The van der Waals surface area contributed by atoms with Gasteiger partial charge < -0.3 is 4.90 Å². The summed E-state index contributed by atoms with van der Waals surface area (Å²) in [6.45, 7) is 8.49. The Hall–Kier alpha value is -0.240.